The highest BCUT2D eigenvalue weighted by Crippen LogP contribution is 1.97. The first kappa shape index (κ1) is 13.7. The average Bonchev–Trinajstić information content (AvgIpc) is 2.45. The van der Waals surface area contributed by atoms with E-state index in [1.807, 2.05) is 0 Å². The van der Waals surface area contributed by atoms with Gasteiger partial charge in [-0.15, -0.1) is 0 Å². The van der Waals surface area contributed by atoms with Gasteiger partial charge in [-0.05, 0) is 13.0 Å². The molecule has 1 aromatic heterocycles. The van der Waals surface area contributed by atoms with E-state index in [1.165, 1.54) is 6.20 Å². The number of aromatic amines is 1. The number of aromatic nitrogens is 2. The Balaban J connectivity index is 1.66. The minimum absolute atomic E-state index is 0.228. The SMILES string of the molecule is O=C(NCCCN1CCOCC1)c1c[nH]c(=O)cn1. The van der Waals surface area contributed by atoms with Crippen molar-refractivity contribution < 1.29 is 9.53 Å². The number of carbonyl (C=O) groups excluding carboxylic acids is 1. The first-order valence-corrected chi connectivity index (χ1v) is 6.39. The summed E-state index contributed by atoms with van der Waals surface area (Å²) in [7, 11) is 0. The van der Waals surface area contributed by atoms with E-state index in [1.54, 1.807) is 0 Å². The second-order valence-electron chi connectivity index (χ2n) is 4.36. The Kier molecular flexibility index (Phi) is 5.05. The van der Waals surface area contributed by atoms with Crippen LogP contribution in [-0.2, 0) is 4.74 Å². The third-order valence-corrected chi connectivity index (χ3v) is 2.95. The summed E-state index contributed by atoms with van der Waals surface area (Å²) in [5, 5.41) is 2.78. The van der Waals surface area contributed by atoms with Crippen LogP contribution in [0.5, 0.6) is 0 Å². The third-order valence-electron chi connectivity index (χ3n) is 2.95. The highest BCUT2D eigenvalue weighted by Gasteiger charge is 2.10. The highest BCUT2D eigenvalue weighted by atomic mass is 16.5. The van der Waals surface area contributed by atoms with E-state index >= 15 is 0 Å². The van der Waals surface area contributed by atoms with Crippen molar-refractivity contribution >= 4 is 5.91 Å². The monoisotopic (exact) mass is 266 g/mol. The van der Waals surface area contributed by atoms with Crippen LogP contribution in [0.25, 0.3) is 0 Å². The maximum absolute atomic E-state index is 11.7. The van der Waals surface area contributed by atoms with Crippen molar-refractivity contribution in [3.63, 3.8) is 0 Å². The molecular weight excluding hydrogens is 248 g/mol. The predicted octanol–water partition coefficient (Wildman–Crippen LogP) is -0.778. The van der Waals surface area contributed by atoms with Gasteiger partial charge in [0.25, 0.3) is 11.5 Å². The molecule has 2 rings (SSSR count). The van der Waals surface area contributed by atoms with Crippen molar-refractivity contribution in [2.75, 3.05) is 39.4 Å². The first-order valence-electron chi connectivity index (χ1n) is 6.39. The standard InChI is InChI=1S/C12H18N4O3/c17-11-9-14-10(8-15-11)12(18)13-2-1-3-16-4-6-19-7-5-16/h8-9H,1-7H2,(H,13,18)(H,15,17). The van der Waals surface area contributed by atoms with E-state index in [2.05, 4.69) is 20.2 Å². The average molecular weight is 266 g/mol. The number of carbonyl (C=O) groups is 1. The van der Waals surface area contributed by atoms with E-state index in [4.69, 9.17) is 4.74 Å². The molecule has 1 aliphatic heterocycles. The lowest BCUT2D eigenvalue weighted by molar-refractivity contribution is 0.0374. The smallest absolute Gasteiger partial charge is 0.271 e. The number of rotatable bonds is 5. The summed E-state index contributed by atoms with van der Waals surface area (Å²) in [6.07, 6.45) is 3.30. The molecule has 0 saturated carbocycles. The molecule has 0 radical (unpaired) electrons. The first-order chi connectivity index (χ1) is 9.25. The number of amides is 1. The maximum Gasteiger partial charge on any atom is 0.271 e. The Morgan fingerprint density at radius 3 is 2.95 bits per heavy atom. The van der Waals surface area contributed by atoms with Crippen molar-refractivity contribution in [1.29, 1.82) is 0 Å². The van der Waals surface area contributed by atoms with E-state index < -0.39 is 0 Å². The summed E-state index contributed by atoms with van der Waals surface area (Å²) >= 11 is 0. The van der Waals surface area contributed by atoms with Crippen molar-refractivity contribution in [1.82, 2.24) is 20.2 Å². The number of H-pyrrole nitrogens is 1. The number of morpholine rings is 1. The Hall–Kier alpha value is -1.73. The van der Waals surface area contributed by atoms with E-state index in [0.717, 1.165) is 45.5 Å². The quantitative estimate of drug-likeness (QED) is 0.683. The van der Waals surface area contributed by atoms with Crippen LogP contribution in [0.2, 0.25) is 0 Å². The molecule has 7 heteroatoms. The van der Waals surface area contributed by atoms with Gasteiger partial charge in [0, 0.05) is 25.8 Å². The zero-order chi connectivity index (χ0) is 13.5. The second-order valence-corrected chi connectivity index (χ2v) is 4.36. The summed E-state index contributed by atoms with van der Waals surface area (Å²) in [5.41, 5.74) is -0.0881. The van der Waals surface area contributed by atoms with Crippen LogP contribution >= 0.6 is 0 Å². The van der Waals surface area contributed by atoms with Gasteiger partial charge in [0.05, 0.1) is 19.4 Å². The molecule has 0 spiro atoms. The highest BCUT2D eigenvalue weighted by molar-refractivity contribution is 5.91. The molecule has 1 amide bonds. The third kappa shape index (κ3) is 4.46. The number of hydrogen-bond donors (Lipinski definition) is 2. The predicted molar refractivity (Wildman–Crippen MR) is 69.1 cm³/mol. The summed E-state index contributed by atoms with van der Waals surface area (Å²) in [4.78, 5) is 31.0. The Morgan fingerprint density at radius 2 is 2.26 bits per heavy atom. The molecule has 104 valence electrons. The van der Waals surface area contributed by atoms with Gasteiger partial charge >= 0.3 is 0 Å². The van der Waals surface area contributed by atoms with Crippen molar-refractivity contribution in [2.24, 2.45) is 0 Å². The molecule has 0 aliphatic carbocycles. The van der Waals surface area contributed by atoms with E-state index in [9.17, 15) is 9.59 Å². The molecule has 1 fully saturated rings. The topological polar surface area (TPSA) is 87.3 Å². The summed E-state index contributed by atoms with van der Waals surface area (Å²) in [6.45, 7) is 5.02. The van der Waals surface area contributed by atoms with Gasteiger partial charge in [0.2, 0.25) is 0 Å². The molecule has 1 aromatic rings. The normalized spacial score (nSPS) is 16.2. The Morgan fingerprint density at radius 1 is 1.47 bits per heavy atom. The number of ether oxygens (including phenoxy) is 1. The molecule has 7 nitrogen and oxygen atoms in total. The Labute approximate surface area is 111 Å². The van der Waals surface area contributed by atoms with Gasteiger partial charge in [0.1, 0.15) is 5.69 Å². The zero-order valence-electron chi connectivity index (χ0n) is 10.7. The lowest BCUT2D eigenvalue weighted by Gasteiger charge is -2.26. The number of nitrogens with zero attached hydrogens (tertiary/aromatic N) is 2. The molecule has 0 atom stereocenters. The number of nitrogens with one attached hydrogen (secondary N) is 2. The van der Waals surface area contributed by atoms with Gasteiger partial charge in [-0.2, -0.15) is 0 Å². The molecular formula is C12H18N4O3. The van der Waals surface area contributed by atoms with Crippen LogP contribution in [0.1, 0.15) is 16.9 Å². The largest absolute Gasteiger partial charge is 0.379 e. The van der Waals surface area contributed by atoms with Gasteiger partial charge in [-0.25, -0.2) is 4.98 Å². The molecule has 2 N–H and O–H groups in total. The van der Waals surface area contributed by atoms with Gasteiger partial charge in [0.15, 0.2) is 0 Å². The van der Waals surface area contributed by atoms with Crippen LogP contribution in [0, 0.1) is 0 Å². The fourth-order valence-corrected chi connectivity index (χ4v) is 1.89. The minimum Gasteiger partial charge on any atom is -0.379 e. The van der Waals surface area contributed by atoms with E-state index in [-0.39, 0.29) is 17.2 Å². The molecule has 0 unspecified atom stereocenters. The number of hydrogen-bond acceptors (Lipinski definition) is 5. The molecule has 1 saturated heterocycles. The molecule has 2 heterocycles. The van der Waals surface area contributed by atoms with Gasteiger partial charge < -0.3 is 15.0 Å². The lowest BCUT2D eigenvalue weighted by Crippen LogP contribution is -2.38. The molecule has 0 bridgehead atoms. The fraction of sp³-hybridized carbons (Fsp3) is 0.583. The summed E-state index contributed by atoms with van der Waals surface area (Å²) < 4.78 is 5.26. The Bertz CT molecular complexity index is 448. The van der Waals surface area contributed by atoms with Crippen molar-refractivity contribution in [3.8, 4) is 0 Å². The van der Waals surface area contributed by atoms with Crippen LogP contribution in [0.4, 0.5) is 0 Å². The van der Waals surface area contributed by atoms with Crippen molar-refractivity contribution in [3.05, 3.63) is 28.4 Å². The van der Waals surface area contributed by atoms with Gasteiger partial charge in [-0.3, -0.25) is 14.5 Å². The summed E-state index contributed by atoms with van der Waals surface area (Å²) in [6, 6.07) is 0. The van der Waals surface area contributed by atoms with Crippen LogP contribution in [0.15, 0.2) is 17.2 Å². The maximum atomic E-state index is 11.7. The summed E-state index contributed by atoms with van der Waals surface area (Å²) in [5.74, 6) is -0.266. The van der Waals surface area contributed by atoms with Gasteiger partial charge in [-0.1, -0.05) is 0 Å². The molecule has 1 aliphatic rings. The van der Waals surface area contributed by atoms with Crippen LogP contribution in [0.3, 0.4) is 0 Å². The zero-order valence-corrected chi connectivity index (χ0v) is 10.7. The lowest BCUT2D eigenvalue weighted by atomic mass is 10.3. The minimum atomic E-state index is -0.316. The fourth-order valence-electron chi connectivity index (χ4n) is 1.89. The van der Waals surface area contributed by atoms with Crippen molar-refractivity contribution in [2.45, 2.75) is 6.42 Å². The van der Waals surface area contributed by atoms with E-state index in [0.29, 0.717) is 6.54 Å². The molecule has 19 heavy (non-hydrogen) atoms. The second kappa shape index (κ2) is 7.01. The van der Waals surface area contributed by atoms with Crippen LogP contribution in [-0.4, -0.2) is 60.2 Å². The van der Waals surface area contributed by atoms with Crippen LogP contribution < -0.4 is 10.9 Å². The molecule has 0 aromatic carbocycles.